The molecule has 0 amide bonds. The summed E-state index contributed by atoms with van der Waals surface area (Å²) in [6.45, 7) is 0. The van der Waals surface area contributed by atoms with Crippen LogP contribution >= 0.6 is 18.5 Å². The van der Waals surface area contributed by atoms with E-state index in [1.54, 1.807) is 18.5 Å². The van der Waals surface area contributed by atoms with Crippen molar-refractivity contribution in [3.05, 3.63) is 17.5 Å². The van der Waals surface area contributed by atoms with Gasteiger partial charge in [-0.25, -0.2) is 13.2 Å². The van der Waals surface area contributed by atoms with Crippen molar-refractivity contribution in [3.8, 4) is 5.75 Å². The van der Waals surface area contributed by atoms with E-state index >= 15 is 0 Å². The predicted octanol–water partition coefficient (Wildman–Crippen LogP) is 0.810. The van der Waals surface area contributed by atoms with E-state index in [0.717, 1.165) is 0 Å². The Morgan fingerprint density at radius 1 is 0.833 bits per heavy atom. The number of aromatic hydroxyl groups is 1. The Kier molecular flexibility index (Phi) is 2.60. The molecule has 6 heteroatoms. The van der Waals surface area contributed by atoms with E-state index in [0.29, 0.717) is 0 Å². The number of hydrogen-bond acceptors (Lipinski definition) is 1. The van der Waals surface area contributed by atoms with Gasteiger partial charge in [0.15, 0.2) is 23.2 Å². The number of benzene rings is 1. The SMILES string of the molecule is Oc1c(F)c(P)c(F)c(F)c1P. The lowest BCUT2D eigenvalue weighted by molar-refractivity contribution is 0.426. The molecule has 0 saturated carbocycles. The fourth-order valence-electron chi connectivity index (χ4n) is 0.683. The van der Waals surface area contributed by atoms with Gasteiger partial charge in [-0.3, -0.25) is 0 Å². The molecule has 1 aromatic carbocycles. The normalized spacial score (nSPS) is 10.4. The summed E-state index contributed by atoms with van der Waals surface area (Å²) in [5.41, 5.74) is 0. The molecule has 1 aromatic rings. The maximum absolute atomic E-state index is 12.7. The van der Waals surface area contributed by atoms with Crippen molar-refractivity contribution >= 4 is 29.1 Å². The third kappa shape index (κ3) is 1.30. The van der Waals surface area contributed by atoms with Crippen molar-refractivity contribution in [1.29, 1.82) is 0 Å². The molecule has 66 valence electrons. The zero-order valence-corrected chi connectivity index (χ0v) is 8.05. The summed E-state index contributed by atoms with van der Waals surface area (Å²) < 4.78 is 38.1. The van der Waals surface area contributed by atoms with Gasteiger partial charge in [0.1, 0.15) is 0 Å². The first kappa shape index (κ1) is 9.76. The van der Waals surface area contributed by atoms with E-state index in [2.05, 4.69) is 0 Å². The molecule has 0 aliphatic carbocycles. The Labute approximate surface area is 71.4 Å². The van der Waals surface area contributed by atoms with E-state index in [-0.39, 0.29) is 0 Å². The highest BCUT2D eigenvalue weighted by Crippen LogP contribution is 2.19. The Morgan fingerprint density at radius 2 is 1.25 bits per heavy atom. The highest BCUT2D eigenvalue weighted by molar-refractivity contribution is 7.28. The highest BCUT2D eigenvalue weighted by Gasteiger charge is 2.19. The molecule has 0 fully saturated rings. The second kappa shape index (κ2) is 3.20. The Balaban J connectivity index is 3.60. The van der Waals surface area contributed by atoms with E-state index in [1.807, 2.05) is 0 Å². The average Bonchev–Trinajstić information content (AvgIpc) is 2.08. The molecule has 1 rings (SSSR count). The quantitative estimate of drug-likeness (QED) is 0.498. The minimum atomic E-state index is -1.31. The van der Waals surface area contributed by atoms with E-state index < -0.39 is 33.8 Å². The highest BCUT2D eigenvalue weighted by atomic mass is 31.0. The first-order valence-electron chi connectivity index (χ1n) is 2.87. The van der Waals surface area contributed by atoms with E-state index in [9.17, 15) is 13.2 Å². The lowest BCUT2D eigenvalue weighted by atomic mass is 10.3. The first-order valence-corrected chi connectivity index (χ1v) is 4.02. The minimum Gasteiger partial charge on any atom is -0.504 e. The molecule has 0 aliphatic rings. The second-order valence-corrected chi connectivity index (χ2v) is 3.27. The molecule has 0 spiro atoms. The van der Waals surface area contributed by atoms with Gasteiger partial charge in [-0.2, -0.15) is 0 Å². The number of phenolic OH excluding ortho intramolecular Hbond substituents is 1. The minimum absolute atomic E-state index is 0.504. The molecule has 0 heterocycles. The molecule has 0 saturated heterocycles. The topological polar surface area (TPSA) is 20.2 Å². The van der Waals surface area contributed by atoms with Gasteiger partial charge in [0.05, 0.1) is 5.30 Å². The van der Waals surface area contributed by atoms with Gasteiger partial charge < -0.3 is 5.11 Å². The van der Waals surface area contributed by atoms with Crippen molar-refractivity contribution in [1.82, 2.24) is 0 Å². The van der Waals surface area contributed by atoms with Crippen molar-refractivity contribution in [2.24, 2.45) is 0 Å². The van der Waals surface area contributed by atoms with Gasteiger partial charge in [0.25, 0.3) is 0 Å². The Hall–Kier alpha value is -0.330. The molecule has 0 aromatic heterocycles. The summed E-state index contributed by atoms with van der Waals surface area (Å²) in [6.07, 6.45) is 0. The molecule has 2 unspecified atom stereocenters. The lowest BCUT2D eigenvalue weighted by Gasteiger charge is -2.05. The fourth-order valence-corrected chi connectivity index (χ4v) is 1.20. The second-order valence-electron chi connectivity index (χ2n) is 2.12. The molecule has 0 radical (unpaired) electrons. The number of hydrogen-bond donors (Lipinski definition) is 1. The van der Waals surface area contributed by atoms with Crippen LogP contribution in [0.3, 0.4) is 0 Å². The van der Waals surface area contributed by atoms with Gasteiger partial charge in [-0.05, 0) is 0 Å². The number of halogens is 3. The van der Waals surface area contributed by atoms with Crippen LogP contribution in [-0.4, -0.2) is 5.11 Å². The number of phenols is 1. The fraction of sp³-hybridized carbons (Fsp3) is 0. The average molecular weight is 212 g/mol. The zero-order valence-electron chi connectivity index (χ0n) is 5.74. The Morgan fingerprint density at radius 3 is 1.75 bits per heavy atom. The number of rotatable bonds is 0. The monoisotopic (exact) mass is 212 g/mol. The molecular formula is C6H5F3OP2. The summed E-state index contributed by atoms with van der Waals surface area (Å²) in [7, 11) is 3.40. The standard InChI is InChI=1S/C6H5F3OP2/c7-1-2(8)6(12)4(10)3(9)5(1)11/h10H,11-12H2. The van der Waals surface area contributed by atoms with Crippen LogP contribution < -0.4 is 10.6 Å². The van der Waals surface area contributed by atoms with E-state index in [1.165, 1.54) is 0 Å². The van der Waals surface area contributed by atoms with E-state index in [4.69, 9.17) is 5.11 Å². The molecule has 2 atom stereocenters. The van der Waals surface area contributed by atoms with Crippen LogP contribution in [0.4, 0.5) is 13.2 Å². The summed E-state index contributed by atoms with van der Waals surface area (Å²) in [5, 5.41) is 7.77. The summed E-state index contributed by atoms with van der Waals surface area (Å²) in [6, 6.07) is 0. The van der Waals surface area contributed by atoms with Crippen molar-refractivity contribution < 1.29 is 18.3 Å². The van der Waals surface area contributed by atoms with Crippen LogP contribution in [0, 0.1) is 17.5 Å². The molecule has 1 nitrogen and oxygen atoms in total. The molecule has 0 aliphatic heterocycles. The van der Waals surface area contributed by atoms with Crippen LogP contribution in [0.5, 0.6) is 5.75 Å². The third-order valence-electron chi connectivity index (χ3n) is 1.37. The molecule has 0 bridgehead atoms. The Bertz CT molecular complexity index is 235. The van der Waals surface area contributed by atoms with Gasteiger partial charge in [0.2, 0.25) is 0 Å². The van der Waals surface area contributed by atoms with Crippen LogP contribution in [0.2, 0.25) is 0 Å². The lowest BCUT2D eigenvalue weighted by Crippen LogP contribution is -2.16. The van der Waals surface area contributed by atoms with Crippen molar-refractivity contribution in [3.63, 3.8) is 0 Å². The van der Waals surface area contributed by atoms with Crippen LogP contribution in [0.25, 0.3) is 0 Å². The van der Waals surface area contributed by atoms with Crippen LogP contribution in [-0.2, 0) is 0 Å². The first-order chi connectivity index (χ1) is 5.46. The summed E-state index contributed by atoms with van der Waals surface area (Å²) in [4.78, 5) is 0. The predicted molar refractivity (Wildman–Crippen MR) is 46.7 cm³/mol. The largest absolute Gasteiger partial charge is 0.504 e. The third-order valence-corrected chi connectivity index (χ3v) is 2.40. The molecule has 1 N–H and O–H groups in total. The molecular weight excluding hydrogens is 207 g/mol. The van der Waals surface area contributed by atoms with Crippen molar-refractivity contribution in [2.75, 3.05) is 0 Å². The maximum atomic E-state index is 12.7. The molecule has 12 heavy (non-hydrogen) atoms. The smallest absolute Gasteiger partial charge is 0.175 e. The zero-order chi connectivity index (χ0) is 9.46. The van der Waals surface area contributed by atoms with Gasteiger partial charge in [0, 0.05) is 5.30 Å². The van der Waals surface area contributed by atoms with Gasteiger partial charge in [-0.1, -0.05) is 18.5 Å². The van der Waals surface area contributed by atoms with Crippen LogP contribution in [0.15, 0.2) is 0 Å². The van der Waals surface area contributed by atoms with Crippen LogP contribution in [0.1, 0.15) is 0 Å². The summed E-state index contributed by atoms with van der Waals surface area (Å²) in [5.74, 6) is -4.61. The maximum Gasteiger partial charge on any atom is 0.175 e. The summed E-state index contributed by atoms with van der Waals surface area (Å²) >= 11 is 0. The van der Waals surface area contributed by atoms with Gasteiger partial charge in [-0.15, -0.1) is 0 Å². The van der Waals surface area contributed by atoms with Crippen molar-refractivity contribution in [2.45, 2.75) is 0 Å². The van der Waals surface area contributed by atoms with Gasteiger partial charge >= 0.3 is 0 Å².